The SMILES string of the molecule is Fc1ccccc1CN1CCCN(Cc2cn(-c3ccccc3)nn2)CC1. The van der Waals surface area contributed by atoms with Gasteiger partial charge in [0.25, 0.3) is 0 Å². The van der Waals surface area contributed by atoms with Gasteiger partial charge in [0, 0.05) is 31.7 Å². The van der Waals surface area contributed by atoms with Crippen molar-refractivity contribution in [2.45, 2.75) is 19.5 Å². The normalized spacial score (nSPS) is 16.3. The van der Waals surface area contributed by atoms with Crippen LogP contribution >= 0.6 is 0 Å². The first-order valence-corrected chi connectivity index (χ1v) is 9.43. The molecule has 1 fully saturated rings. The molecule has 2 heterocycles. The molecule has 0 bridgehead atoms. The Bertz CT molecular complexity index is 864. The summed E-state index contributed by atoms with van der Waals surface area (Å²) in [5.41, 5.74) is 2.77. The molecule has 1 aliphatic rings. The van der Waals surface area contributed by atoms with Crippen molar-refractivity contribution in [3.8, 4) is 5.69 Å². The van der Waals surface area contributed by atoms with Crippen molar-refractivity contribution in [2.24, 2.45) is 0 Å². The third-order valence-electron chi connectivity index (χ3n) is 4.98. The molecule has 0 N–H and O–H groups in total. The lowest BCUT2D eigenvalue weighted by Gasteiger charge is -2.21. The minimum absolute atomic E-state index is 0.115. The smallest absolute Gasteiger partial charge is 0.127 e. The molecule has 0 spiro atoms. The zero-order valence-electron chi connectivity index (χ0n) is 15.3. The van der Waals surface area contributed by atoms with E-state index in [4.69, 9.17) is 0 Å². The standard InChI is InChI=1S/C21H24FN5/c22-21-10-5-4-7-18(21)15-25-11-6-12-26(14-13-25)16-19-17-27(24-23-19)20-8-2-1-3-9-20/h1-5,7-10,17H,6,11-16H2. The number of nitrogens with zero attached hydrogens (tertiary/aromatic N) is 5. The second kappa shape index (κ2) is 8.41. The Hall–Kier alpha value is -2.57. The number of benzene rings is 2. The Labute approximate surface area is 159 Å². The monoisotopic (exact) mass is 365 g/mol. The highest BCUT2D eigenvalue weighted by Crippen LogP contribution is 2.14. The van der Waals surface area contributed by atoms with Crippen molar-refractivity contribution >= 4 is 0 Å². The van der Waals surface area contributed by atoms with Crippen LogP contribution in [0.2, 0.25) is 0 Å². The van der Waals surface area contributed by atoms with Crippen molar-refractivity contribution in [3.63, 3.8) is 0 Å². The highest BCUT2D eigenvalue weighted by molar-refractivity contribution is 5.29. The van der Waals surface area contributed by atoms with Gasteiger partial charge >= 0.3 is 0 Å². The van der Waals surface area contributed by atoms with Gasteiger partial charge in [0.1, 0.15) is 5.82 Å². The van der Waals surface area contributed by atoms with Crippen LogP contribution in [-0.4, -0.2) is 51.0 Å². The summed E-state index contributed by atoms with van der Waals surface area (Å²) in [7, 11) is 0. The molecule has 0 atom stereocenters. The molecule has 0 aliphatic carbocycles. The summed E-state index contributed by atoms with van der Waals surface area (Å²) in [5, 5.41) is 8.57. The van der Waals surface area contributed by atoms with E-state index in [0.29, 0.717) is 6.54 Å². The fourth-order valence-corrected chi connectivity index (χ4v) is 3.51. The largest absolute Gasteiger partial charge is 0.298 e. The Morgan fingerprint density at radius 3 is 2.30 bits per heavy atom. The first-order valence-electron chi connectivity index (χ1n) is 9.43. The molecule has 1 aliphatic heterocycles. The van der Waals surface area contributed by atoms with E-state index in [-0.39, 0.29) is 5.82 Å². The van der Waals surface area contributed by atoms with Gasteiger partial charge in [-0.05, 0) is 37.7 Å². The predicted molar refractivity (Wildman–Crippen MR) is 103 cm³/mol. The van der Waals surface area contributed by atoms with Crippen LogP contribution in [0.5, 0.6) is 0 Å². The van der Waals surface area contributed by atoms with Crippen LogP contribution in [0.3, 0.4) is 0 Å². The van der Waals surface area contributed by atoms with Crippen LogP contribution in [0.1, 0.15) is 17.7 Å². The maximum absolute atomic E-state index is 13.9. The fourth-order valence-electron chi connectivity index (χ4n) is 3.51. The fraction of sp³-hybridized carbons (Fsp3) is 0.333. The predicted octanol–water partition coefficient (Wildman–Crippen LogP) is 3.11. The van der Waals surface area contributed by atoms with Gasteiger partial charge in [-0.15, -0.1) is 5.10 Å². The number of hydrogen-bond donors (Lipinski definition) is 0. The number of hydrogen-bond acceptors (Lipinski definition) is 4. The van der Waals surface area contributed by atoms with Crippen LogP contribution in [0.4, 0.5) is 4.39 Å². The minimum Gasteiger partial charge on any atom is -0.298 e. The molecule has 5 nitrogen and oxygen atoms in total. The molecule has 2 aromatic carbocycles. The van der Waals surface area contributed by atoms with E-state index >= 15 is 0 Å². The summed E-state index contributed by atoms with van der Waals surface area (Å²) in [6.45, 7) is 5.35. The highest BCUT2D eigenvalue weighted by atomic mass is 19.1. The van der Waals surface area contributed by atoms with E-state index in [1.54, 1.807) is 6.07 Å². The molecule has 1 aromatic heterocycles. The van der Waals surface area contributed by atoms with Gasteiger partial charge in [-0.1, -0.05) is 41.6 Å². The zero-order valence-corrected chi connectivity index (χ0v) is 15.3. The van der Waals surface area contributed by atoms with Crippen LogP contribution in [0, 0.1) is 5.82 Å². The second-order valence-corrected chi connectivity index (χ2v) is 6.99. The maximum atomic E-state index is 13.9. The van der Waals surface area contributed by atoms with Crippen molar-refractivity contribution in [1.82, 2.24) is 24.8 Å². The van der Waals surface area contributed by atoms with E-state index in [9.17, 15) is 4.39 Å². The summed E-state index contributed by atoms with van der Waals surface area (Å²) in [6, 6.07) is 17.1. The first-order chi connectivity index (χ1) is 13.3. The number of aromatic nitrogens is 3. The van der Waals surface area contributed by atoms with Gasteiger partial charge < -0.3 is 0 Å². The first kappa shape index (κ1) is 17.8. The molecule has 140 valence electrons. The molecule has 0 radical (unpaired) electrons. The Morgan fingerprint density at radius 1 is 0.815 bits per heavy atom. The molecule has 0 saturated carbocycles. The quantitative estimate of drug-likeness (QED) is 0.696. The molecule has 0 unspecified atom stereocenters. The highest BCUT2D eigenvalue weighted by Gasteiger charge is 2.17. The lowest BCUT2D eigenvalue weighted by molar-refractivity contribution is 0.244. The van der Waals surface area contributed by atoms with Gasteiger partial charge in [-0.2, -0.15) is 0 Å². The van der Waals surface area contributed by atoms with E-state index in [0.717, 1.165) is 56.1 Å². The third-order valence-corrected chi connectivity index (χ3v) is 4.98. The summed E-state index contributed by atoms with van der Waals surface area (Å²) in [5.74, 6) is -0.115. The van der Waals surface area contributed by atoms with Crippen LogP contribution in [0.25, 0.3) is 5.69 Å². The van der Waals surface area contributed by atoms with Gasteiger partial charge in [0.2, 0.25) is 0 Å². The average molecular weight is 365 g/mol. The summed E-state index contributed by atoms with van der Waals surface area (Å²) in [4.78, 5) is 4.74. The molecule has 6 heteroatoms. The number of para-hydroxylation sites is 1. The summed E-state index contributed by atoms with van der Waals surface area (Å²) < 4.78 is 15.7. The summed E-state index contributed by atoms with van der Waals surface area (Å²) >= 11 is 0. The van der Waals surface area contributed by atoms with Crippen molar-refractivity contribution in [2.75, 3.05) is 26.2 Å². The minimum atomic E-state index is -0.115. The second-order valence-electron chi connectivity index (χ2n) is 6.99. The number of rotatable bonds is 5. The molecular weight excluding hydrogens is 341 g/mol. The van der Waals surface area contributed by atoms with Gasteiger partial charge in [-0.25, -0.2) is 9.07 Å². The van der Waals surface area contributed by atoms with Crippen molar-refractivity contribution in [3.05, 3.63) is 77.9 Å². The van der Waals surface area contributed by atoms with Crippen molar-refractivity contribution in [1.29, 1.82) is 0 Å². The van der Waals surface area contributed by atoms with Crippen LogP contribution in [-0.2, 0) is 13.1 Å². The molecule has 1 saturated heterocycles. The Kier molecular flexibility index (Phi) is 5.55. The van der Waals surface area contributed by atoms with Crippen molar-refractivity contribution < 1.29 is 4.39 Å². The lowest BCUT2D eigenvalue weighted by atomic mass is 10.2. The van der Waals surface area contributed by atoms with Gasteiger partial charge in [0.15, 0.2) is 0 Å². The topological polar surface area (TPSA) is 37.2 Å². The molecule has 3 aromatic rings. The maximum Gasteiger partial charge on any atom is 0.127 e. The average Bonchev–Trinajstić information content (AvgIpc) is 3.05. The molecular formula is C21H24FN5. The number of halogens is 1. The van der Waals surface area contributed by atoms with E-state index in [1.165, 1.54) is 6.07 Å². The van der Waals surface area contributed by atoms with Crippen LogP contribution < -0.4 is 0 Å². The van der Waals surface area contributed by atoms with Gasteiger partial charge in [0.05, 0.1) is 17.6 Å². The van der Waals surface area contributed by atoms with Gasteiger partial charge in [-0.3, -0.25) is 9.80 Å². The van der Waals surface area contributed by atoms with E-state index in [2.05, 4.69) is 20.1 Å². The lowest BCUT2D eigenvalue weighted by Crippen LogP contribution is -2.30. The third kappa shape index (κ3) is 4.59. The molecule has 4 rings (SSSR count). The molecule has 27 heavy (non-hydrogen) atoms. The van der Waals surface area contributed by atoms with E-state index < -0.39 is 0 Å². The Balaban J connectivity index is 1.34. The van der Waals surface area contributed by atoms with E-state index in [1.807, 2.05) is 53.3 Å². The van der Waals surface area contributed by atoms with Crippen LogP contribution in [0.15, 0.2) is 60.8 Å². The zero-order chi connectivity index (χ0) is 18.5. The Morgan fingerprint density at radius 2 is 1.52 bits per heavy atom. The summed E-state index contributed by atoms with van der Waals surface area (Å²) in [6.07, 6.45) is 3.07. The molecule has 0 amide bonds.